The van der Waals surface area contributed by atoms with Gasteiger partial charge in [-0.05, 0) is 25.5 Å². The molecule has 2 heteroatoms. The first-order valence-corrected chi connectivity index (χ1v) is 4.45. The maximum absolute atomic E-state index is 9.55. The van der Waals surface area contributed by atoms with Crippen LogP contribution in [0.5, 0.6) is 0 Å². The molecule has 0 aromatic carbocycles. The van der Waals surface area contributed by atoms with Crippen LogP contribution in [-0.2, 0) is 0 Å². The standard InChI is InChI=1S/C9H17NO/c1-2-6-9(11)10-7-4-3-5-8-10/h4,7,9,11H,2-3,5-6,8H2,1H3. The van der Waals surface area contributed by atoms with Gasteiger partial charge in [0.1, 0.15) is 6.23 Å². The highest BCUT2D eigenvalue weighted by Crippen LogP contribution is 2.11. The van der Waals surface area contributed by atoms with Crippen molar-refractivity contribution in [2.75, 3.05) is 6.54 Å². The van der Waals surface area contributed by atoms with Crippen molar-refractivity contribution >= 4 is 0 Å². The number of nitrogens with zero attached hydrogens (tertiary/aromatic N) is 1. The van der Waals surface area contributed by atoms with E-state index in [9.17, 15) is 5.11 Å². The highest BCUT2D eigenvalue weighted by Gasteiger charge is 2.11. The number of aliphatic hydroxyl groups is 1. The Hall–Kier alpha value is -0.500. The fourth-order valence-corrected chi connectivity index (χ4v) is 1.35. The maximum Gasteiger partial charge on any atom is 0.126 e. The highest BCUT2D eigenvalue weighted by molar-refractivity contribution is 4.88. The third kappa shape index (κ3) is 2.54. The molecule has 11 heavy (non-hydrogen) atoms. The SMILES string of the molecule is CCCC(O)N1C=CCCC1. The average molecular weight is 155 g/mol. The van der Waals surface area contributed by atoms with Crippen LogP contribution in [0.15, 0.2) is 12.3 Å². The summed E-state index contributed by atoms with van der Waals surface area (Å²) in [4.78, 5) is 2.02. The van der Waals surface area contributed by atoms with Crippen LogP contribution >= 0.6 is 0 Å². The van der Waals surface area contributed by atoms with E-state index in [1.54, 1.807) is 0 Å². The van der Waals surface area contributed by atoms with Gasteiger partial charge in [-0.15, -0.1) is 0 Å². The molecule has 1 aliphatic heterocycles. The number of rotatable bonds is 3. The van der Waals surface area contributed by atoms with Crippen LogP contribution in [0.2, 0.25) is 0 Å². The molecule has 0 aromatic rings. The van der Waals surface area contributed by atoms with E-state index in [1.807, 2.05) is 11.1 Å². The van der Waals surface area contributed by atoms with Gasteiger partial charge in [-0.3, -0.25) is 0 Å². The van der Waals surface area contributed by atoms with Gasteiger partial charge in [-0.2, -0.15) is 0 Å². The van der Waals surface area contributed by atoms with Crippen LogP contribution in [-0.4, -0.2) is 22.8 Å². The Kier molecular flexibility index (Phi) is 3.43. The molecule has 0 bridgehead atoms. The number of allylic oxidation sites excluding steroid dienone is 1. The lowest BCUT2D eigenvalue weighted by Gasteiger charge is -2.28. The predicted octanol–water partition coefficient (Wildman–Crippen LogP) is 1.71. The fraction of sp³-hybridized carbons (Fsp3) is 0.778. The van der Waals surface area contributed by atoms with Gasteiger partial charge in [0.05, 0.1) is 0 Å². The molecule has 0 spiro atoms. The van der Waals surface area contributed by atoms with E-state index in [2.05, 4.69) is 13.0 Å². The highest BCUT2D eigenvalue weighted by atomic mass is 16.3. The van der Waals surface area contributed by atoms with E-state index >= 15 is 0 Å². The number of aliphatic hydroxyl groups excluding tert-OH is 1. The van der Waals surface area contributed by atoms with Gasteiger partial charge in [0.15, 0.2) is 0 Å². The van der Waals surface area contributed by atoms with Crippen molar-refractivity contribution in [2.24, 2.45) is 0 Å². The molecule has 0 radical (unpaired) electrons. The lowest BCUT2D eigenvalue weighted by Crippen LogP contribution is -2.32. The Balaban J connectivity index is 2.32. The van der Waals surface area contributed by atoms with Crippen molar-refractivity contribution in [3.63, 3.8) is 0 Å². The van der Waals surface area contributed by atoms with Crippen LogP contribution in [0.1, 0.15) is 32.6 Å². The molecule has 0 saturated heterocycles. The van der Waals surface area contributed by atoms with Gasteiger partial charge >= 0.3 is 0 Å². The topological polar surface area (TPSA) is 23.5 Å². The predicted molar refractivity (Wildman–Crippen MR) is 46.0 cm³/mol. The third-order valence-electron chi connectivity index (χ3n) is 2.01. The lowest BCUT2D eigenvalue weighted by atomic mass is 10.2. The molecule has 2 nitrogen and oxygen atoms in total. The molecule has 1 heterocycles. The van der Waals surface area contributed by atoms with E-state index in [-0.39, 0.29) is 6.23 Å². The summed E-state index contributed by atoms with van der Waals surface area (Å²) in [5, 5.41) is 9.55. The largest absolute Gasteiger partial charge is 0.374 e. The van der Waals surface area contributed by atoms with E-state index in [4.69, 9.17) is 0 Å². The molecular weight excluding hydrogens is 138 g/mol. The molecule has 1 N–H and O–H groups in total. The second-order valence-corrected chi connectivity index (χ2v) is 3.03. The van der Waals surface area contributed by atoms with E-state index in [0.717, 1.165) is 25.8 Å². The van der Waals surface area contributed by atoms with Crippen molar-refractivity contribution in [1.82, 2.24) is 4.90 Å². The zero-order chi connectivity index (χ0) is 8.10. The van der Waals surface area contributed by atoms with E-state index in [0.29, 0.717) is 0 Å². The maximum atomic E-state index is 9.55. The van der Waals surface area contributed by atoms with Crippen LogP contribution in [0.4, 0.5) is 0 Å². The molecule has 0 saturated carbocycles. The summed E-state index contributed by atoms with van der Waals surface area (Å²) in [5.74, 6) is 0. The smallest absolute Gasteiger partial charge is 0.126 e. The molecule has 1 unspecified atom stereocenters. The number of hydrogen-bond donors (Lipinski definition) is 1. The molecular formula is C9H17NO. The van der Waals surface area contributed by atoms with Gasteiger partial charge in [-0.1, -0.05) is 19.4 Å². The van der Waals surface area contributed by atoms with Gasteiger partial charge in [0.25, 0.3) is 0 Å². The lowest BCUT2D eigenvalue weighted by molar-refractivity contribution is 0.0268. The van der Waals surface area contributed by atoms with Crippen molar-refractivity contribution in [3.8, 4) is 0 Å². The molecule has 0 aliphatic carbocycles. The third-order valence-corrected chi connectivity index (χ3v) is 2.01. The van der Waals surface area contributed by atoms with Gasteiger partial charge in [-0.25, -0.2) is 0 Å². The second-order valence-electron chi connectivity index (χ2n) is 3.03. The zero-order valence-corrected chi connectivity index (χ0v) is 7.16. The molecule has 0 fully saturated rings. The Bertz CT molecular complexity index is 134. The molecule has 0 aromatic heterocycles. The summed E-state index contributed by atoms with van der Waals surface area (Å²) in [6.45, 7) is 3.11. The number of hydrogen-bond acceptors (Lipinski definition) is 2. The second kappa shape index (κ2) is 4.39. The molecule has 64 valence electrons. The average Bonchev–Trinajstić information content (AvgIpc) is 2.07. The van der Waals surface area contributed by atoms with Crippen LogP contribution < -0.4 is 0 Å². The van der Waals surface area contributed by atoms with Crippen molar-refractivity contribution in [2.45, 2.75) is 38.8 Å². The summed E-state index contributed by atoms with van der Waals surface area (Å²) in [5.41, 5.74) is 0. The monoisotopic (exact) mass is 155 g/mol. The van der Waals surface area contributed by atoms with Crippen LogP contribution in [0.3, 0.4) is 0 Å². The molecule has 0 amide bonds. The normalized spacial score (nSPS) is 20.4. The summed E-state index contributed by atoms with van der Waals surface area (Å²) in [7, 11) is 0. The minimum Gasteiger partial charge on any atom is -0.374 e. The van der Waals surface area contributed by atoms with Gasteiger partial charge in [0.2, 0.25) is 0 Å². The summed E-state index contributed by atoms with van der Waals surface area (Å²) >= 11 is 0. The van der Waals surface area contributed by atoms with Crippen molar-refractivity contribution < 1.29 is 5.11 Å². The molecule has 1 aliphatic rings. The van der Waals surface area contributed by atoms with E-state index < -0.39 is 0 Å². The summed E-state index contributed by atoms with van der Waals surface area (Å²) in [6, 6.07) is 0. The first-order chi connectivity index (χ1) is 5.34. The summed E-state index contributed by atoms with van der Waals surface area (Å²) in [6.07, 6.45) is 8.16. The minimum atomic E-state index is -0.253. The Morgan fingerprint density at radius 3 is 3.00 bits per heavy atom. The minimum absolute atomic E-state index is 0.253. The van der Waals surface area contributed by atoms with Crippen LogP contribution in [0, 0.1) is 0 Å². The summed E-state index contributed by atoms with van der Waals surface area (Å²) < 4.78 is 0. The van der Waals surface area contributed by atoms with Crippen molar-refractivity contribution in [3.05, 3.63) is 12.3 Å². The van der Waals surface area contributed by atoms with Gasteiger partial charge in [0, 0.05) is 6.54 Å². The molecule has 1 atom stereocenters. The Morgan fingerprint density at radius 2 is 2.45 bits per heavy atom. The fourth-order valence-electron chi connectivity index (χ4n) is 1.35. The quantitative estimate of drug-likeness (QED) is 0.670. The first-order valence-electron chi connectivity index (χ1n) is 4.45. The first kappa shape index (κ1) is 8.60. The Labute approximate surface area is 68.5 Å². The van der Waals surface area contributed by atoms with Crippen molar-refractivity contribution in [1.29, 1.82) is 0 Å². The van der Waals surface area contributed by atoms with E-state index in [1.165, 1.54) is 6.42 Å². The molecule has 1 rings (SSSR count). The van der Waals surface area contributed by atoms with Gasteiger partial charge < -0.3 is 10.0 Å². The Morgan fingerprint density at radius 1 is 1.64 bits per heavy atom. The zero-order valence-electron chi connectivity index (χ0n) is 7.16. The van der Waals surface area contributed by atoms with Crippen LogP contribution in [0.25, 0.3) is 0 Å².